The second-order valence-corrected chi connectivity index (χ2v) is 6.62. The first kappa shape index (κ1) is 16.7. The Hall–Kier alpha value is -1.31. The average molecular weight is 321 g/mol. The minimum absolute atomic E-state index is 0.0419. The summed E-state index contributed by atoms with van der Waals surface area (Å²) in [5.41, 5.74) is 5.90. The van der Waals surface area contributed by atoms with Crippen LogP contribution in [-0.2, 0) is 19.6 Å². The van der Waals surface area contributed by atoms with Gasteiger partial charge in [-0.25, -0.2) is 12.7 Å². The van der Waals surface area contributed by atoms with Crippen molar-refractivity contribution in [2.75, 3.05) is 26.4 Å². The first-order valence-electron chi connectivity index (χ1n) is 5.87. The summed E-state index contributed by atoms with van der Waals surface area (Å²) < 4.78 is 30.3. The molecule has 0 radical (unpaired) electrons. The third-order valence-corrected chi connectivity index (χ3v) is 5.06. The zero-order valence-electron chi connectivity index (χ0n) is 11.3. The summed E-state index contributed by atoms with van der Waals surface area (Å²) in [4.78, 5) is 10.9. The highest BCUT2D eigenvalue weighted by Gasteiger charge is 2.23. The van der Waals surface area contributed by atoms with E-state index < -0.39 is 10.0 Å². The molecule has 0 spiro atoms. The molecule has 0 unspecified atom stereocenters. The quantitative estimate of drug-likeness (QED) is 0.633. The fourth-order valence-electron chi connectivity index (χ4n) is 1.55. The monoisotopic (exact) mass is 320 g/mol. The van der Waals surface area contributed by atoms with E-state index in [1.165, 1.54) is 32.4 Å². The SMILES string of the molecule is COC(=O)CCCN(C)S(=O)(=O)c1cc(N)ccc1Cl. The molecule has 0 bridgehead atoms. The van der Waals surface area contributed by atoms with Crippen molar-refractivity contribution in [1.29, 1.82) is 0 Å². The zero-order chi connectivity index (χ0) is 15.3. The Labute approximate surface area is 123 Å². The number of esters is 1. The summed E-state index contributed by atoms with van der Waals surface area (Å²) >= 11 is 5.90. The van der Waals surface area contributed by atoms with Crippen LogP contribution in [0.5, 0.6) is 0 Å². The van der Waals surface area contributed by atoms with Gasteiger partial charge in [-0.2, -0.15) is 0 Å². The van der Waals surface area contributed by atoms with Gasteiger partial charge < -0.3 is 10.5 Å². The Morgan fingerprint density at radius 3 is 2.70 bits per heavy atom. The Kier molecular flexibility index (Phi) is 5.79. The van der Waals surface area contributed by atoms with Crippen molar-refractivity contribution < 1.29 is 17.9 Å². The summed E-state index contributed by atoms with van der Waals surface area (Å²) in [6.07, 6.45) is 0.517. The number of rotatable bonds is 6. The lowest BCUT2D eigenvalue weighted by atomic mass is 10.3. The second-order valence-electron chi connectivity index (χ2n) is 4.20. The van der Waals surface area contributed by atoms with Gasteiger partial charge in [-0.15, -0.1) is 0 Å². The number of nitrogens with two attached hydrogens (primary N) is 1. The fraction of sp³-hybridized carbons (Fsp3) is 0.417. The van der Waals surface area contributed by atoms with E-state index >= 15 is 0 Å². The van der Waals surface area contributed by atoms with E-state index in [2.05, 4.69) is 4.74 Å². The number of hydrogen-bond donors (Lipinski definition) is 1. The molecule has 0 aromatic heterocycles. The normalized spacial score (nSPS) is 11.6. The molecule has 0 amide bonds. The van der Waals surface area contributed by atoms with E-state index in [9.17, 15) is 13.2 Å². The number of carbonyl (C=O) groups excluding carboxylic acids is 1. The average Bonchev–Trinajstić information content (AvgIpc) is 2.40. The lowest BCUT2D eigenvalue weighted by Crippen LogP contribution is -2.28. The lowest BCUT2D eigenvalue weighted by Gasteiger charge is -2.18. The van der Waals surface area contributed by atoms with Crippen LogP contribution < -0.4 is 5.73 Å². The number of benzene rings is 1. The number of nitrogens with zero attached hydrogens (tertiary/aromatic N) is 1. The smallest absolute Gasteiger partial charge is 0.305 e. The minimum Gasteiger partial charge on any atom is -0.469 e. The summed E-state index contributed by atoms with van der Waals surface area (Å²) in [5, 5.41) is 0.110. The van der Waals surface area contributed by atoms with Crippen LogP contribution in [0.15, 0.2) is 23.1 Å². The predicted molar refractivity (Wildman–Crippen MR) is 76.9 cm³/mol. The molecular weight excluding hydrogens is 304 g/mol. The highest BCUT2D eigenvalue weighted by atomic mass is 35.5. The molecule has 0 aliphatic carbocycles. The number of methoxy groups -OCH3 is 1. The molecule has 6 nitrogen and oxygen atoms in total. The van der Waals surface area contributed by atoms with Crippen LogP contribution >= 0.6 is 11.6 Å². The molecule has 1 aromatic carbocycles. The van der Waals surface area contributed by atoms with E-state index in [-0.39, 0.29) is 28.9 Å². The highest BCUT2D eigenvalue weighted by Crippen LogP contribution is 2.26. The zero-order valence-corrected chi connectivity index (χ0v) is 12.9. The van der Waals surface area contributed by atoms with Gasteiger partial charge in [-0.1, -0.05) is 11.6 Å². The lowest BCUT2D eigenvalue weighted by molar-refractivity contribution is -0.140. The first-order chi connectivity index (χ1) is 9.28. The van der Waals surface area contributed by atoms with E-state index in [0.29, 0.717) is 12.1 Å². The number of sulfonamides is 1. The van der Waals surface area contributed by atoms with Crippen molar-refractivity contribution in [1.82, 2.24) is 4.31 Å². The molecule has 0 aliphatic heterocycles. The maximum absolute atomic E-state index is 12.3. The molecule has 0 atom stereocenters. The number of nitrogen functional groups attached to an aromatic ring is 1. The van der Waals surface area contributed by atoms with E-state index in [1.54, 1.807) is 0 Å². The fourth-order valence-corrected chi connectivity index (χ4v) is 3.27. The summed E-state index contributed by atoms with van der Waals surface area (Å²) in [6, 6.07) is 4.28. The molecule has 1 rings (SSSR count). The van der Waals surface area contributed by atoms with Gasteiger partial charge >= 0.3 is 5.97 Å². The Morgan fingerprint density at radius 1 is 1.45 bits per heavy atom. The summed E-state index contributed by atoms with van der Waals surface area (Å²) in [7, 11) is -1.02. The van der Waals surface area contributed by atoms with Gasteiger partial charge in [0.2, 0.25) is 10.0 Å². The largest absolute Gasteiger partial charge is 0.469 e. The Morgan fingerprint density at radius 2 is 2.10 bits per heavy atom. The van der Waals surface area contributed by atoms with Crippen molar-refractivity contribution in [2.45, 2.75) is 17.7 Å². The number of ether oxygens (including phenoxy) is 1. The molecule has 0 fully saturated rings. The van der Waals surface area contributed by atoms with Crippen molar-refractivity contribution in [3.8, 4) is 0 Å². The molecule has 8 heteroatoms. The van der Waals surface area contributed by atoms with Crippen LogP contribution in [0.2, 0.25) is 5.02 Å². The molecule has 0 saturated carbocycles. The van der Waals surface area contributed by atoms with Crippen LogP contribution in [0.1, 0.15) is 12.8 Å². The molecular formula is C12H17ClN2O4S. The van der Waals surface area contributed by atoms with Gasteiger partial charge in [-0.05, 0) is 24.6 Å². The summed E-state index contributed by atoms with van der Waals surface area (Å²) in [5.74, 6) is -0.377. The molecule has 2 N–H and O–H groups in total. The standard InChI is InChI=1S/C12H17ClN2O4S/c1-15(7-3-4-12(16)19-2)20(17,18)11-8-9(14)5-6-10(11)13/h5-6,8H,3-4,7,14H2,1-2H3. The van der Waals surface area contributed by atoms with Gasteiger partial charge in [0.25, 0.3) is 0 Å². The van der Waals surface area contributed by atoms with E-state index in [1.807, 2.05) is 0 Å². The topological polar surface area (TPSA) is 89.7 Å². The summed E-state index contributed by atoms with van der Waals surface area (Å²) in [6.45, 7) is 0.183. The van der Waals surface area contributed by atoms with Crippen LogP contribution in [0, 0.1) is 0 Å². The molecule has 0 saturated heterocycles. The van der Waals surface area contributed by atoms with Crippen molar-refractivity contribution >= 4 is 33.3 Å². The van der Waals surface area contributed by atoms with Crippen LogP contribution in [0.4, 0.5) is 5.69 Å². The number of carbonyl (C=O) groups is 1. The van der Waals surface area contributed by atoms with Gasteiger partial charge in [-0.3, -0.25) is 4.79 Å². The Balaban J connectivity index is 2.82. The number of anilines is 1. The number of hydrogen-bond acceptors (Lipinski definition) is 5. The van der Waals surface area contributed by atoms with E-state index in [0.717, 1.165) is 4.31 Å². The van der Waals surface area contributed by atoms with Crippen molar-refractivity contribution in [3.05, 3.63) is 23.2 Å². The highest BCUT2D eigenvalue weighted by molar-refractivity contribution is 7.89. The van der Waals surface area contributed by atoms with Gasteiger partial charge in [0.15, 0.2) is 0 Å². The number of halogens is 1. The molecule has 20 heavy (non-hydrogen) atoms. The van der Waals surface area contributed by atoms with Gasteiger partial charge in [0, 0.05) is 25.7 Å². The van der Waals surface area contributed by atoms with Gasteiger partial charge in [0.1, 0.15) is 4.90 Å². The van der Waals surface area contributed by atoms with Crippen molar-refractivity contribution in [3.63, 3.8) is 0 Å². The van der Waals surface area contributed by atoms with Crippen LogP contribution in [-0.4, -0.2) is 39.4 Å². The van der Waals surface area contributed by atoms with Crippen LogP contribution in [0.3, 0.4) is 0 Å². The third kappa shape index (κ3) is 4.09. The second kappa shape index (κ2) is 6.92. The minimum atomic E-state index is -3.73. The van der Waals surface area contributed by atoms with Crippen molar-refractivity contribution in [2.24, 2.45) is 0 Å². The first-order valence-corrected chi connectivity index (χ1v) is 7.69. The van der Waals surface area contributed by atoms with Gasteiger partial charge in [0.05, 0.1) is 12.1 Å². The Bertz CT molecular complexity index is 589. The van der Waals surface area contributed by atoms with E-state index in [4.69, 9.17) is 17.3 Å². The molecule has 0 heterocycles. The third-order valence-electron chi connectivity index (χ3n) is 2.73. The maximum atomic E-state index is 12.3. The maximum Gasteiger partial charge on any atom is 0.305 e. The predicted octanol–water partition coefficient (Wildman–Crippen LogP) is 1.50. The molecule has 1 aromatic rings. The molecule has 112 valence electrons. The van der Waals surface area contributed by atoms with Crippen LogP contribution in [0.25, 0.3) is 0 Å². The molecule has 0 aliphatic rings.